The Morgan fingerprint density at radius 1 is 0.946 bits per heavy atom. The van der Waals surface area contributed by atoms with Crippen LogP contribution in [0.4, 0.5) is 14.9 Å². The van der Waals surface area contributed by atoms with Crippen LogP contribution in [0.1, 0.15) is 23.6 Å². The lowest BCUT2D eigenvalue weighted by molar-refractivity contribution is 0.139. The van der Waals surface area contributed by atoms with E-state index in [1.807, 2.05) is 61.5 Å². The average Bonchev–Trinajstić information content (AvgIpc) is 2.93. The summed E-state index contributed by atoms with van der Waals surface area (Å²) in [5, 5.41) is 2.88. The van der Waals surface area contributed by atoms with Crippen LogP contribution in [0.5, 0.6) is 11.5 Å². The molecule has 3 aromatic rings. The first-order chi connectivity index (χ1) is 18.1. The van der Waals surface area contributed by atoms with Crippen LogP contribution in [-0.2, 0) is 24.4 Å². The topological polar surface area (TPSA) is 63.3 Å². The number of anilines is 1. The number of carbonyl (C=O) groups excluding carboxylic acids is 1. The van der Waals surface area contributed by atoms with Crippen LogP contribution in [0, 0.1) is 5.82 Å². The molecule has 1 fully saturated rings. The average molecular weight is 508 g/mol. The number of halogens is 1. The first kappa shape index (κ1) is 26.3. The molecule has 0 aliphatic carbocycles. The Morgan fingerprint density at radius 2 is 1.68 bits per heavy atom. The van der Waals surface area contributed by atoms with Gasteiger partial charge in [0, 0.05) is 39.3 Å². The molecule has 0 aromatic heterocycles. The molecule has 1 heterocycles. The summed E-state index contributed by atoms with van der Waals surface area (Å²) in [5.74, 6) is 1.11. The van der Waals surface area contributed by atoms with Crippen molar-refractivity contribution in [2.45, 2.75) is 26.6 Å². The van der Waals surface area contributed by atoms with E-state index in [4.69, 9.17) is 14.2 Å². The standard InChI is InChI=1S/C29H34FN3O4/c1-3-36-28-26(35-2)14-11-24(19-31-29(34)37-21-23-7-5-4-6-8-23)27(28)33-17-15-32(16-18-33)20-22-9-12-25(30)13-10-22/h4-14H,3,15-21H2,1-2H3,(H,31,34). The van der Waals surface area contributed by atoms with Crippen LogP contribution in [0.3, 0.4) is 0 Å². The molecule has 0 unspecified atom stereocenters. The summed E-state index contributed by atoms with van der Waals surface area (Å²) in [6.07, 6.45) is -0.479. The van der Waals surface area contributed by atoms with Crippen LogP contribution < -0.4 is 19.7 Å². The molecule has 1 amide bonds. The molecule has 196 valence electrons. The molecule has 1 aliphatic heterocycles. The first-order valence-corrected chi connectivity index (χ1v) is 12.6. The molecule has 0 atom stereocenters. The van der Waals surface area contributed by atoms with Crippen molar-refractivity contribution in [1.29, 1.82) is 0 Å². The lowest BCUT2D eigenvalue weighted by atomic mass is 10.1. The maximum atomic E-state index is 13.3. The van der Waals surface area contributed by atoms with Crippen molar-refractivity contribution in [3.63, 3.8) is 0 Å². The van der Waals surface area contributed by atoms with E-state index in [2.05, 4.69) is 15.1 Å². The number of amides is 1. The molecule has 3 aromatic carbocycles. The highest BCUT2D eigenvalue weighted by Gasteiger charge is 2.25. The number of hydrogen-bond acceptors (Lipinski definition) is 6. The molecule has 7 nitrogen and oxygen atoms in total. The van der Waals surface area contributed by atoms with Gasteiger partial charge in [-0.15, -0.1) is 0 Å². The Labute approximate surface area is 217 Å². The van der Waals surface area contributed by atoms with Crippen molar-refractivity contribution in [2.75, 3.05) is 44.8 Å². The Balaban J connectivity index is 1.44. The number of nitrogens with zero attached hydrogens (tertiary/aromatic N) is 2. The molecule has 0 spiro atoms. The first-order valence-electron chi connectivity index (χ1n) is 12.6. The fourth-order valence-corrected chi connectivity index (χ4v) is 4.45. The zero-order valence-electron chi connectivity index (χ0n) is 21.4. The fourth-order valence-electron chi connectivity index (χ4n) is 4.45. The monoisotopic (exact) mass is 507 g/mol. The van der Waals surface area contributed by atoms with E-state index in [0.717, 1.165) is 55.1 Å². The number of alkyl carbamates (subject to hydrolysis) is 1. The second kappa shape index (κ2) is 13.0. The molecular weight excluding hydrogens is 473 g/mol. The van der Waals surface area contributed by atoms with E-state index in [1.54, 1.807) is 7.11 Å². The van der Waals surface area contributed by atoms with E-state index in [0.29, 0.717) is 24.7 Å². The summed E-state index contributed by atoms with van der Waals surface area (Å²) in [4.78, 5) is 17.0. The van der Waals surface area contributed by atoms with E-state index >= 15 is 0 Å². The van der Waals surface area contributed by atoms with Gasteiger partial charge in [-0.3, -0.25) is 4.90 Å². The Morgan fingerprint density at radius 3 is 2.35 bits per heavy atom. The normalized spacial score (nSPS) is 13.8. The van der Waals surface area contributed by atoms with Crippen molar-refractivity contribution in [3.05, 3.63) is 89.2 Å². The lowest BCUT2D eigenvalue weighted by Gasteiger charge is -2.38. The number of ether oxygens (including phenoxy) is 3. The van der Waals surface area contributed by atoms with Crippen molar-refractivity contribution in [2.24, 2.45) is 0 Å². The minimum absolute atomic E-state index is 0.211. The SMILES string of the molecule is CCOc1c(OC)ccc(CNC(=O)OCc2ccccc2)c1N1CCN(Cc2ccc(F)cc2)CC1. The Hall–Kier alpha value is -3.78. The molecule has 0 radical (unpaired) electrons. The highest BCUT2D eigenvalue weighted by molar-refractivity contribution is 5.72. The highest BCUT2D eigenvalue weighted by atomic mass is 19.1. The predicted octanol–water partition coefficient (Wildman–Crippen LogP) is 4.98. The second-order valence-electron chi connectivity index (χ2n) is 8.84. The summed E-state index contributed by atoms with van der Waals surface area (Å²) in [5.41, 5.74) is 3.86. The number of methoxy groups -OCH3 is 1. The van der Waals surface area contributed by atoms with Gasteiger partial charge in [-0.2, -0.15) is 0 Å². The molecule has 1 saturated heterocycles. The van der Waals surface area contributed by atoms with Gasteiger partial charge in [-0.1, -0.05) is 48.5 Å². The zero-order chi connectivity index (χ0) is 26.0. The third-order valence-corrected chi connectivity index (χ3v) is 6.33. The molecule has 8 heteroatoms. The van der Waals surface area contributed by atoms with Crippen LogP contribution in [-0.4, -0.2) is 50.9 Å². The smallest absolute Gasteiger partial charge is 0.407 e. The summed E-state index contributed by atoms with van der Waals surface area (Å²) >= 11 is 0. The molecule has 37 heavy (non-hydrogen) atoms. The maximum absolute atomic E-state index is 13.3. The molecular formula is C29H34FN3O4. The Kier molecular flexibility index (Phi) is 9.21. The van der Waals surface area contributed by atoms with E-state index in [9.17, 15) is 9.18 Å². The second-order valence-corrected chi connectivity index (χ2v) is 8.84. The fraction of sp³-hybridized carbons (Fsp3) is 0.345. The number of carbonyl (C=O) groups is 1. The van der Waals surface area contributed by atoms with Gasteiger partial charge >= 0.3 is 6.09 Å². The van der Waals surface area contributed by atoms with E-state index < -0.39 is 6.09 Å². The van der Waals surface area contributed by atoms with Crippen LogP contribution in [0.2, 0.25) is 0 Å². The van der Waals surface area contributed by atoms with Crippen molar-refractivity contribution >= 4 is 11.8 Å². The van der Waals surface area contributed by atoms with Crippen molar-refractivity contribution in [1.82, 2.24) is 10.2 Å². The van der Waals surface area contributed by atoms with Gasteiger partial charge in [-0.05, 0) is 41.8 Å². The minimum atomic E-state index is -0.479. The number of nitrogens with one attached hydrogen (secondary N) is 1. The summed E-state index contributed by atoms with van der Waals surface area (Å²) < 4.78 is 30.3. The van der Waals surface area contributed by atoms with E-state index in [-0.39, 0.29) is 12.4 Å². The summed E-state index contributed by atoms with van der Waals surface area (Å²) in [6, 6.07) is 20.1. The van der Waals surface area contributed by atoms with Gasteiger partial charge in [-0.25, -0.2) is 9.18 Å². The molecule has 0 saturated carbocycles. The number of piperazine rings is 1. The lowest BCUT2D eigenvalue weighted by Crippen LogP contribution is -2.46. The third kappa shape index (κ3) is 7.13. The van der Waals surface area contributed by atoms with Crippen LogP contribution >= 0.6 is 0 Å². The highest BCUT2D eigenvalue weighted by Crippen LogP contribution is 2.41. The van der Waals surface area contributed by atoms with Crippen molar-refractivity contribution < 1.29 is 23.4 Å². The third-order valence-electron chi connectivity index (χ3n) is 6.33. The largest absolute Gasteiger partial charge is 0.493 e. The van der Waals surface area contributed by atoms with E-state index in [1.165, 1.54) is 12.1 Å². The minimum Gasteiger partial charge on any atom is -0.493 e. The van der Waals surface area contributed by atoms with Gasteiger partial charge < -0.3 is 24.4 Å². The number of rotatable bonds is 10. The van der Waals surface area contributed by atoms with Gasteiger partial charge in [0.2, 0.25) is 0 Å². The van der Waals surface area contributed by atoms with Gasteiger partial charge in [0.15, 0.2) is 11.5 Å². The number of hydrogen-bond donors (Lipinski definition) is 1. The maximum Gasteiger partial charge on any atom is 0.407 e. The molecule has 1 N–H and O–H groups in total. The molecule has 1 aliphatic rings. The Bertz CT molecular complexity index is 1150. The predicted molar refractivity (Wildman–Crippen MR) is 142 cm³/mol. The van der Waals surface area contributed by atoms with Crippen molar-refractivity contribution in [3.8, 4) is 11.5 Å². The van der Waals surface area contributed by atoms with Crippen LogP contribution in [0.25, 0.3) is 0 Å². The summed E-state index contributed by atoms with van der Waals surface area (Å²) in [6.45, 7) is 6.94. The molecule has 0 bridgehead atoms. The zero-order valence-corrected chi connectivity index (χ0v) is 21.4. The van der Waals surface area contributed by atoms with Gasteiger partial charge in [0.05, 0.1) is 19.4 Å². The number of benzene rings is 3. The van der Waals surface area contributed by atoms with Gasteiger partial charge in [0.25, 0.3) is 0 Å². The van der Waals surface area contributed by atoms with Gasteiger partial charge in [0.1, 0.15) is 12.4 Å². The van der Waals surface area contributed by atoms with Crippen LogP contribution in [0.15, 0.2) is 66.7 Å². The molecule has 4 rings (SSSR count). The quantitative estimate of drug-likeness (QED) is 0.418. The summed E-state index contributed by atoms with van der Waals surface area (Å²) in [7, 11) is 1.63.